The van der Waals surface area contributed by atoms with Crippen LogP contribution in [0.15, 0.2) is 42.5 Å². The summed E-state index contributed by atoms with van der Waals surface area (Å²) in [5.41, 5.74) is 2.28. The zero-order chi connectivity index (χ0) is 20.1. The summed E-state index contributed by atoms with van der Waals surface area (Å²) in [6, 6.07) is 15.3. The highest BCUT2D eigenvalue weighted by Crippen LogP contribution is 2.32. The van der Waals surface area contributed by atoms with Crippen LogP contribution in [0.25, 0.3) is 0 Å². The van der Waals surface area contributed by atoms with Crippen LogP contribution in [0.3, 0.4) is 0 Å². The molecule has 150 valence electrons. The van der Waals surface area contributed by atoms with Gasteiger partial charge in [-0.15, -0.1) is 0 Å². The van der Waals surface area contributed by atoms with Gasteiger partial charge in [0.1, 0.15) is 6.07 Å². The third-order valence-corrected chi connectivity index (χ3v) is 5.28. The first-order chi connectivity index (χ1) is 14.2. The van der Waals surface area contributed by atoms with Gasteiger partial charge in [0.25, 0.3) is 0 Å². The lowest BCUT2D eigenvalue weighted by Gasteiger charge is -2.34. The lowest BCUT2D eigenvalue weighted by molar-refractivity contribution is -0.116. The second-order valence-electron chi connectivity index (χ2n) is 7.26. The van der Waals surface area contributed by atoms with Crippen LogP contribution in [-0.4, -0.2) is 55.2 Å². The average molecular weight is 392 g/mol. The zero-order valence-corrected chi connectivity index (χ0v) is 16.3. The smallest absolute Gasteiger partial charge is 0.231 e. The molecule has 4 rings (SSSR count). The molecule has 1 amide bonds. The number of anilines is 1. The Labute approximate surface area is 170 Å². The van der Waals surface area contributed by atoms with Gasteiger partial charge in [-0.1, -0.05) is 18.2 Å². The molecule has 7 heteroatoms. The van der Waals surface area contributed by atoms with Crippen molar-refractivity contribution in [3.63, 3.8) is 0 Å². The van der Waals surface area contributed by atoms with Gasteiger partial charge >= 0.3 is 0 Å². The van der Waals surface area contributed by atoms with Crippen LogP contribution in [0.4, 0.5) is 5.69 Å². The molecule has 0 aromatic heterocycles. The summed E-state index contributed by atoms with van der Waals surface area (Å²) in [7, 11) is 0. The van der Waals surface area contributed by atoms with E-state index in [-0.39, 0.29) is 5.91 Å². The number of piperazine rings is 1. The Kier molecular flexibility index (Phi) is 5.94. The molecule has 2 aliphatic heterocycles. The maximum absolute atomic E-state index is 12.2. The molecular weight excluding hydrogens is 368 g/mol. The minimum absolute atomic E-state index is 0.0597. The molecule has 0 radical (unpaired) electrons. The van der Waals surface area contributed by atoms with E-state index < -0.39 is 0 Å². The number of nitrogens with one attached hydrogen (secondary N) is 1. The van der Waals surface area contributed by atoms with E-state index in [2.05, 4.69) is 33.3 Å². The van der Waals surface area contributed by atoms with Crippen LogP contribution in [0.5, 0.6) is 11.5 Å². The Morgan fingerprint density at radius 2 is 1.79 bits per heavy atom. The topological polar surface area (TPSA) is 77.8 Å². The normalized spacial score (nSPS) is 16.4. The molecule has 0 aliphatic carbocycles. The number of para-hydroxylation sites is 1. The first-order valence-corrected chi connectivity index (χ1v) is 9.83. The van der Waals surface area contributed by atoms with Crippen molar-refractivity contribution < 1.29 is 14.3 Å². The van der Waals surface area contributed by atoms with Crippen LogP contribution in [0, 0.1) is 11.3 Å². The molecule has 0 saturated carbocycles. The fraction of sp³-hybridized carbons (Fsp3) is 0.364. The van der Waals surface area contributed by atoms with E-state index in [4.69, 9.17) is 14.7 Å². The van der Waals surface area contributed by atoms with Crippen LogP contribution in [0.1, 0.15) is 17.5 Å². The fourth-order valence-electron chi connectivity index (χ4n) is 3.63. The predicted molar refractivity (Wildman–Crippen MR) is 109 cm³/mol. The highest BCUT2D eigenvalue weighted by molar-refractivity contribution is 5.92. The van der Waals surface area contributed by atoms with Crippen LogP contribution >= 0.6 is 0 Å². The Balaban J connectivity index is 1.20. The van der Waals surface area contributed by atoms with Crippen molar-refractivity contribution in [2.75, 3.05) is 44.8 Å². The third kappa shape index (κ3) is 4.86. The quantitative estimate of drug-likeness (QED) is 0.814. The van der Waals surface area contributed by atoms with Crippen molar-refractivity contribution in [2.24, 2.45) is 0 Å². The first kappa shape index (κ1) is 19.2. The van der Waals surface area contributed by atoms with E-state index in [1.807, 2.05) is 12.1 Å². The molecule has 7 nitrogen and oxygen atoms in total. The van der Waals surface area contributed by atoms with Crippen molar-refractivity contribution in [1.82, 2.24) is 9.80 Å². The number of amides is 1. The number of hydrogen-bond donors (Lipinski definition) is 1. The summed E-state index contributed by atoms with van der Waals surface area (Å²) in [4.78, 5) is 17.0. The molecule has 0 unspecified atom stereocenters. The molecule has 1 fully saturated rings. The summed E-state index contributed by atoms with van der Waals surface area (Å²) in [5.74, 6) is 1.58. The lowest BCUT2D eigenvalue weighted by Crippen LogP contribution is -2.46. The number of carbonyl (C=O) groups is 1. The van der Waals surface area contributed by atoms with Crippen LogP contribution in [0.2, 0.25) is 0 Å². The second-order valence-corrected chi connectivity index (χ2v) is 7.26. The molecule has 29 heavy (non-hydrogen) atoms. The number of benzene rings is 2. The Morgan fingerprint density at radius 1 is 1.03 bits per heavy atom. The molecule has 0 bridgehead atoms. The maximum Gasteiger partial charge on any atom is 0.231 e. The number of carbonyl (C=O) groups excluding carboxylic acids is 1. The Hall–Kier alpha value is -3.08. The number of hydrogen-bond acceptors (Lipinski definition) is 6. The van der Waals surface area contributed by atoms with E-state index in [0.29, 0.717) is 24.5 Å². The average Bonchev–Trinajstić information content (AvgIpc) is 3.21. The number of fused-ring (bicyclic) bond motifs is 1. The maximum atomic E-state index is 12.2. The van der Waals surface area contributed by atoms with E-state index in [1.54, 1.807) is 18.2 Å². The molecule has 2 aromatic carbocycles. The summed E-state index contributed by atoms with van der Waals surface area (Å²) < 4.78 is 10.8. The van der Waals surface area contributed by atoms with Crippen LogP contribution < -0.4 is 14.8 Å². The summed E-state index contributed by atoms with van der Waals surface area (Å²) >= 11 is 0. The van der Waals surface area contributed by atoms with Gasteiger partial charge in [0, 0.05) is 45.7 Å². The highest BCUT2D eigenvalue weighted by atomic mass is 16.7. The predicted octanol–water partition coefficient (Wildman–Crippen LogP) is 2.43. The molecule has 1 N–H and O–H groups in total. The van der Waals surface area contributed by atoms with Crippen molar-refractivity contribution in [1.29, 1.82) is 5.26 Å². The lowest BCUT2D eigenvalue weighted by atomic mass is 10.1. The molecule has 0 spiro atoms. The summed E-state index contributed by atoms with van der Waals surface area (Å²) in [6.07, 6.45) is 0.419. The van der Waals surface area contributed by atoms with Gasteiger partial charge in [0.2, 0.25) is 12.7 Å². The molecule has 2 aromatic rings. The molecular formula is C22H24N4O3. The van der Waals surface area contributed by atoms with E-state index >= 15 is 0 Å². The van der Waals surface area contributed by atoms with E-state index in [1.165, 1.54) is 5.56 Å². The molecule has 0 atom stereocenters. The number of nitriles is 1. The van der Waals surface area contributed by atoms with Gasteiger partial charge in [-0.25, -0.2) is 0 Å². The zero-order valence-electron chi connectivity index (χ0n) is 16.3. The molecule has 2 aliphatic rings. The minimum Gasteiger partial charge on any atom is -0.454 e. The summed E-state index contributed by atoms with van der Waals surface area (Å²) in [5, 5.41) is 12.0. The standard InChI is InChI=1S/C22H24N4O3/c23-14-18-3-1-2-4-19(18)24-22(27)7-8-25-9-11-26(12-10-25)15-17-5-6-20-21(13-17)29-16-28-20/h1-6,13H,7-12,15-16H2,(H,24,27). The largest absolute Gasteiger partial charge is 0.454 e. The van der Waals surface area contributed by atoms with Crippen molar-refractivity contribution in [2.45, 2.75) is 13.0 Å². The van der Waals surface area contributed by atoms with Crippen LogP contribution in [-0.2, 0) is 11.3 Å². The van der Waals surface area contributed by atoms with Gasteiger partial charge in [-0.2, -0.15) is 5.26 Å². The van der Waals surface area contributed by atoms with Gasteiger partial charge in [-0.05, 0) is 29.8 Å². The van der Waals surface area contributed by atoms with Crippen molar-refractivity contribution in [3.05, 3.63) is 53.6 Å². The minimum atomic E-state index is -0.0597. The van der Waals surface area contributed by atoms with Gasteiger partial charge in [0.15, 0.2) is 11.5 Å². The van der Waals surface area contributed by atoms with Gasteiger partial charge < -0.3 is 19.7 Å². The highest BCUT2D eigenvalue weighted by Gasteiger charge is 2.19. The van der Waals surface area contributed by atoms with E-state index in [0.717, 1.165) is 50.8 Å². The number of rotatable bonds is 6. The summed E-state index contributed by atoms with van der Waals surface area (Å²) in [6.45, 7) is 5.71. The van der Waals surface area contributed by atoms with Crippen molar-refractivity contribution in [3.8, 4) is 17.6 Å². The Morgan fingerprint density at radius 3 is 2.62 bits per heavy atom. The monoisotopic (exact) mass is 392 g/mol. The van der Waals surface area contributed by atoms with E-state index in [9.17, 15) is 4.79 Å². The molecule has 1 saturated heterocycles. The van der Waals surface area contributed by atoms with Crippen molar-refractivity contribution >= 4 is 11.6 Å². The SMILES string of the molecule is N#Cc1ccccc1NC(=O)CCN1CCN(Cc2ccc3c(c2)OCO3)CC1. The fourth-order valence-corrected chi connectivity index (χ4v) is 3.63. The first-order valence-electron chi connectivity index (χ1n) is 9.83. The van der Waals surface area contributed by atoms with Gasteiger partial charge in [0.05, 0.1) is 11.3 Å². The molecule has 2 heterocycles. The Bertz CT molecular complexity index is 917. The number of nitrogens with zero attached hydrogens (tertiary/aromatic N) is 3. The van der Waals surface area contributed by atoms with Gasteiger partial charge in [-0.3, -0.25) is 9.69 Å². The second kappa shape index (κ2) is 8.95. The third-order valence-electron chi connectivity index (χ3n) is 5.28. The number of ether oxygens (including phenoxy) is 2.